The summed E-state index contributed by atoms with van der Waals surface area (Å²) in [7, 11) is 0. The van der Waals surface area contributed by atoms with Crippen LogP contribution >= 0.6 is 11.5 Å². The van der Waals surface area contributed by atoms with Crippen molar-refractivity contribution in [3.8, 4) is 11.5 Å². The molecule has 2 aromatic heterocycles. The lowest BCUT2D eigenvalue weighted by molar-refractivity contribution is 1.03. The van der Waals surface area contributed by atoms with Crippen LogP contribution in [-0.4, -0.2) is 24.5 Å². The summed E-state index contributed by atoms with van der Waals surface area (Å²) in [5.74, 6) is 0.564. The van der Waals surface area contributed by atoms with Crippen LogP contribution in [0.1, 0.15) is 0 Å². The van der Waals surface area contributed by atoms with Gasteiger partial charge >= 0.3 is 0 Å². The van der Waals surface area contributed by atoms with Crippen LogP contribution in [0.3, 0.4) is 0 Å². The van der Waals surface area contributed by atoms with Gasteiger partial charge in [0.1, 0.15) is 18.3 Å². The maximum absolute atomic E-state index is 3.90. The Kier molecular flexibility index (Phi) is 1.53. The van der Waals surface area contributed by atoms with E-state index in [1.807, 2.05) is 0 Å². The van der Waals surface area contributed by atoms with Crippen molar-refractivity contribution in [1.29, 1.82) is 0 Å². The van der Waals surface area contributed by atoms with E-state index in [0.29, 0.717) is 11.5 Å². The van der Waals surface area contributed by atoms with Gasteiger partial charge < -0.3 is 0 Å². The average Bonchev–Trinajstić information content (AvgIpc) is 2.58. The molecule has 0 unspecified atom stereocenters. The van der Waals surface area contributed by atoms with Crippen LogP contribution in [-0.2, 0) is 0 Å². The van der Waals surface area contributed by atoms with Crippen molar-refractivity contribution in [2.45, 2.75) is 0 Å². The SMILES string of the molecule is c1ncnc(-c2csnn2)n1. The third kappa shape index (κ3) is 1.20. The molecule has 0 spiro atoms. The lowest BCUT2D eigenvalue weighted by atomic mass is 10.5. The fourth-order valence-corrected chi connectivity index (χ4v) is 1.07. The van der Waals surface area contributed by atoms with E-state index in [9.17, 15) is 0 Å². The van der Waals surface area contributed by atoms with Crippen molar-refractivity contribution < 1.29 is 0 Å². The van der Waals surface area contributed by atoms with E-state index in [4.69, 9.17) is 0 Å². The monoisotopic (exact) mass is 165 g/mol. The Balaban J connectivity index is 2.46. The first-order chi connectivity index (χ1) is 5.47. The molecule has 2 aromatic rings. The van der Waals surface area contributed by atoms with Gasteiger partial charge in [-0.1, -0.05) is 4.49 Å². The summed E-state index contributed by atoms with van der Waals surface area (Å²) in [5.41, 5.74) is 0.692. The molecular formula is C5H3N5S. The van der Waals surface area contributed by atoms with Crippen molar-refractivity contribution in [1.82, 2.24) is 24.5 Å². The standard InChI is InChI=1S/C5H3N5S/c1-4(9-10-11-1)5-7-2-6-3-8-5/h1-3H. The molecule has 0 bridgehead atoms. The molecule has 0 radical (unpaired) electrons. The first kappa shape index (κ1) is 6.29. The minimum absolute atomic E-state index is 0.564. The predicted octanol–water partition coefficient (Wildman–Crippen LogP) is 0.390. The van der Waals surface area contributed by atoms with Crippen LogP contribution in [0, 0.1) is 0 Å². The molecule has 0 amide bonds. The van der Waals surface area contributed by atoms with Crippen LogP contribution in [0.15, 0.2) is 18.0 Å². The topological polar surface area (TPSA) is 64.5 Å². The van der Waals surface area contributed by atoms with Gasteiger partial charge in [0.05, 0.1) is 0 Å². The molecule has 0 saturated carbocycles. The number of hydrogen-bond donors (Lipinski definition) is 0. The first-order valence-corrected chi connectivity index (χ1v) is 3.70. The van der Waals surface area contributed by atoms with E-state index in [0.717, 1.165) is 0 Å². The van der Waals surface area contributed by atoms with Crippen LogP contribution < -0.4 is 0 Å². The zero-order chi connectivity index (χ0) is 7.52. The van der Waals surface area contributed by atoms with E-state index in [2.05, 4.69) is 24.5 Å². The van der Waals surface area contributed by atoms with Gasteiger partial charge in [-0.3, -0.25) is 0 Å². The molecule has 11 heavy (non-hydrogen) atoms. The quantitative estimate of drug-likeness (QED) is 0.611. The highest BCUT2D eigenvalue weighted by molar-refractivity contribution is 7.03. The zero-order valence-corrected chi connectivity index (χ0v) is 6.19. The van der Waals surface area contributed by atoms with Crippen molar-refractivity contribution in [3.63, 3.8) is 0 Å². The van der Waals surface area contributed by atoms with E-state index >= 15 is 0 Å². The van der Waals surface area contributed by atoms with E-state index in [1.165, 1.54) is 24.2 Å². The van der Waals surface area contributed by atoms with Gasteiger partial charge in [-0.05, 0) is 11.5 Å². The number of aromatic nitrogens is 5. The van der Waals surface area contributed by atoms with Gasteiger partial charge in [0, 0.05) is 5.38 Å². The first-order valence-electron chi connectivity index (χ1n) is 2.86. The summed E-state index contributed by atoms with van der Waals surface area (Å²) in [4.78, 5) is 11.5. The van der Waals surface area contributed by atoms with E-state index in [1.54, 1.807) is 5.38 Å². The molecule has 0 fully saturated rings. The molecule has 0 aliphatic rings. The summed E-state index contributed by atoms with van der Waals surface area (Å²) < 4.78 is 3.69. The average molecular weight is 165 g/mol. The maximum atomic E-state index is 3.90. The third-order valence-electron chi connectivity index (χ3n) is 1.08. The Bertz CT molecular complexity index is 318. The number of nitrogens with zero attached hydrogens (tertiary/aromatic N) is 5. The van der Waals surface area contributed by atoms with Crippen molar-refractivity contribution in [2.75, 3.05) is 0 Å². The molecule has 0 atom stereocenters. The molecule has 2 rings (SSSR count). The van der Waals surface area contributed by atoms with Gasteiger partial charge in [0.2, 0.25) is 0 Å². The molecule has 5 nitrogen and oxygen atoms in total. The fourth-order valence-electron chi connectivity index (χ4n) is 0.634. The van der Waals surface area contributed by atoms with Crippen LogP contribution in [0.2, 0.25) is 0 Å². The predicted molar refractivity (Wildman–Crippen MR) is 38.7 cm³/mol. The third-order valence-corrected chi connectivity index (χ3v) is 1.59. The molecule has 0 saturated heterocycles. The summed E-state index contributed by atoms with van der Waals surface area (Å²) in [6, 6.07) is 0. The van der Waals surface area contributed by atoms with E-state index < -0.39 is 0 Å². The smallest absolute Gasteiger partial charge is 0.183 e. The second-order valence-corrected chi connectivity index (χ2v) is 2.36. The second-order valence-electron chi connectivity index (χ2n) is 1.75. The highest BCUT2D eigenvalue weighted by Gasteiger charge is 2.01. The summed E-state index contributed by atoms with van der Waals surface area (Å²) in [5, 5.41) is 5.59. The Morgan fingerprint density at radius 2 is 2.00 bits per heavy atom. The maximum Gasteiger partial charge on any atom is 0.183 e. The van der Waals surface area contributed by atoms with E-state index in [-0.39, 0.29) is 0 Å². The Hall–Kier alpha value is -1.43. The molecule has 0 aromatic carbocycles. The molecular weight excluding hydrogens is 162 g/mol. The van der Waals surface area contributed by atoms with Crippen LogP contribution in [0.5, 0.6) is 0 Å². The lowest BCUT2D eigenvalue weighted by Gasteiger charge is -1.88. The Labute approximate surface area is 66.3 Å². The Morgan fingerprint density at radius 1 is 1.18 bits per heavy atom. The van der Waals surface area contributed by atoms with Gasteiger partial charge in [0.25, 0.3) is 0 Å². The minimum atomic E-state index is 0.564. The molecule has 6 heteroatoms. The fraction of sp³-hybridized carbons (Fsp3) is 0. The Morgan fingerprint density at radius 3 is 2.64 bits per heavy atom. The number of hydrogen-bond acceptors (Lipinski definition) is 6. The van der Waals surface area contributed by atoms with Crippen molar-refractivity contribution in [2.24, 2.45) is 0 Å². The molecule has 0 aliphatic carbocycles. The summed E-state index contributed by atoms with van der Waals surface area (Å²) >= 11 is 1.27. The molecule has 2 heterocycles. The van der Waals surface area contributed by atoms with Gasteiger partial charge in [-0.2, -0.15) is 0 Å². The molecule has 0 aliphatic heterocycles. The molecule has 0 N–H and O–H groups in total. The van der Waals surface area contributed by atoms with Crippen LogP contribution in [0.4, 0.5) is 0 Å². The van der Waals surface area contributed by atoms with Crippen molar-refractivity contribution >= 4 is 11.5 Å². The van der Waals surface area contributed by atoms with Crippen LogP contribution in [0.25, 0.3) is 11.5 Å². The highest BCUT2D eigenvalue weighted by atomic mass is 32.1. The van der Waals surface area contributed by atoms with Gasteiger partial charge in [-0.15, -0.1) is 5.10 Å². The normalized spacial score (nSPS) is 9.82. The molecule has 54 valence electrons. The second kappa shape index (κ2) is 2.67. The highest BCUT2D eigenvalue weighted by Crippen LogP contribution is 2.09. The zero-order valence-electron chi connectivity index (χ0n) is 5.38. The summed E-state index contributed by atoms with van der Waals surface area (Å²) in [6.45, 7) is 0. The van der Waals surface area contributed by atoms with Crippen molar-refractivity contribution in [3.05, 3.63) is 18.0 Å². The summed E-state index contributed by atoms with van der Waals surface area (Å²) in [6.07, 6.45) is 2.86. The van der Waals surface area contributed by atoms with Gasteiger partial charge in [-0.25, -0.2) is 15.0 Å². The minimum Gasteiger partial charge on any atom is -0.225 e. The lowest BCUT2D eigenvalue weighted by Crippen LogP contribution is -1.88. The largest absolute Gasteiger partial charge is 0.225 e. The van der Waals surface area contributed by atoms with Gasteiger partial charge in [0.15, 0.2) is 5.82 Å². The number of rotatable bonds is 1.